The van der Waals surface area contributed by atoms with Crippen molar-refractivity contribution in [3.05, 3.63) is 133 Å². The molecule has 0 aliphatic carbocycles. The number of methoxy groups -OCH3 is 1. The Kier molecular flexibility index (Phi) is 9.25. The van der Waals surface area contributed by atoms with Crippen molar-refractivity contribution in [1.29, 1.82) is 0 Å². The predicted molar refractivity (Wildman–Crippen MR) is 180 cm³/mol. The van der Waals surface area contributed by atoms with Crippen molar-refractivity contribution in [2.45, 2.75) is 30.7 Å². The maximum atomic E-state index is 14.0. The van der Waals surface area contributed by atoms with Crippen molar-refractivity contribution in [1.82, 2.24) is 8.87 Å². The van der Waals surface area contributed by atoms with Gasteiger partial charge >= 0.3 is 0 Å². The molecule has 0 spiro atoms. The molecule has 5 aromatic carbocycles. The third-order valence-corrected chi connectivity index (χ3v) is 9.59. The Balaban J connectivity index is 1.39. The Morgan fingerprint density at radius 1 is 0.739 bits per heavy atom. The first-order valence-corrected chi connectivity index (χ1v) is 16.5. The van der Waals surface area contributed by atoms with Crippen LogP contribution in [0, 0.1) is 0 Å². The molecule has 6 rings (SSSR count). The Hall–Kier alpha value is -4.83. The molecule has 6 aromatic rings. The Morgan fingerprint density at radius 2 is 1.35 bits per heavy atom. The lowest BCUT2D eigenvalue weighted by Gasteiger charge is -2.34. The quantitative estimate of drug-likeness (QED) is 0.141. The zero-order chi connectivity index (χ0) is 32.1. The number of ether oxygens (including phenoxy) is 3. The highest BCUT2D eigenvalue weighted by Gasteiger charge is 2.29. The van der Waals surface area contributed by atoms with Crippen LogP contribution in [0.4, 0.5) is 0 Å². The molecule has 9 heteroatoms. The van der Waals surface area contributed by atoms with E-state index in [0.717, 1.165) is 10.9 Å². The fourth-order valence-electron chi connectivity index (χ4n) is 5.74. The minimum Gasteiger partial charge on any atom is -0.493 e. The van der Waals surface area contributed by atoms with E-state index in [1.54, 1.807) is 62.6 Å². The normalized spacial score (nSPS) is 13.1. The lowest BCUT2D eigenvalue weighted by Crippen LogP contribution is -2.47. The molecule has 236 valence electrons. The smallest absolute Gasteiger partial charge is 0.268 e. The van der Waals surface area contributed by atoms with Gasteiger partial charge < -0.3 is 19.3 Å². The summed E-state index contributed by atoms with van der Waals surface area (Å²) in [5, 5.41) is 12.5. The SMILES string of the molecule is COc1ccccc1OCCN(Cc1ccccc1)C(Oc1cccc2c1c1ccccc1n2S(=O)(=O)c1ccccc1)C(C)O. The summed E-state index contributed by atoms with van der Waals surface area (Å²) >= 11 is 0. The van der Waals surface area contributed by atoms with Crippen LogP contribution in [-0.4, -0.2) is 55.0 Å². The number of nitrogens with zero attached hydrogens (tertiary/aromatic N) is 2. The second-order valence-corrected chi connectivity index (χ2v) is 12.7. The van der Waals surface area contributed by atoms with Gasteiger partial charge in [-0.25, -0.2) is 12.4 Å². The number of aliphatic hydroxyl groups excluding tert-OH is 1. The molecule has 2 atom stereocenters. The molecule has 0 radical (unpaired) electrons. The first-order chi connectivity index (χ1) is 22.4. The van der Waals surface area contributed by atoms with Crippen LogP contribution in [0.25, 0.3) is 21.8 Å². The van der Waals surface area contributed by atoms with Crippen LogP contribution in [0.2, 0.25) is 0 Å². The van der Waals surface area contributed by atoms with Gasteiger partial charge in [0.05, 0.1) is 28.4 Å². The minimum absolute atomic E-state index is 0.190. The van der Waals surface area contributed by atoms with Crippen LogP contribution in [0.3, 0.4) is 0 Å². The first kappa shape index (κ1) is 31.2. The predicted octanol–water partition coefficient (Wildman–Crippen LogP) is 6.71. The van der Waals surface area contributed by atoms with Crippen molar-refractivity contribution < 1.29 is 27.7 Å². The summed E-state index contributed by atoms with van der Waals surface area (Å²) in [7, 11) is -2.34. The molecule has 1 aromatic heterocycles. The van der Waals surface area contributed by atoms with Gasteiger partial charge in [-0.1, -0.05) is 84.9 Å². The van der Waals surface area contributed by atoms with Gasteiger partial charge in [0.2, 0.25) is 0 Å². The zero-order valence-corrected chi connectivity index (χ0v) is 26.5. The molecule has 46 heavy (non-hydrogen) atoms. The molecule has 2 unspecified atom stereocenters. The lowest BCUT2D eigenvalue weighted by molar-refractivity contribution is -0.0654. The lowest BCUT2D eigenvalue weighted by atomic mass is 10.1. The first-order valence-electron chi connectivity index (χ1n) is 15.1. The van der Waals surface area contributed by atoms with E-state index >= 15 is 0 Å². The zero-order valence-electron chi connectivity index (χ0n) is 25.7. The highest BCUT2D eigenvalue weighted by Crippen LogP contribution is 2.38. The summed E-state index contributed by atoms with van der Waals surface area (Å²) in [6.45, 7) is 2.89. The van der Waals surface area contributed by atoms with Crippen LogP contribution in [0.1, 0.15) is 12.5 Å². The topological polar surface area (TPSA) is 90.2 Å². The molecule has 0 fully saturated rings. The van der Waals surface area contributed by atoms with E-state index in [1.807, 2.05) is 83.8 Å². The molecule has 0 saturated carbocycles. The van der Waals surface area contributed by atoms with Gasteiger partial charge in [0.15, 0.2) is 17.7 Å². The second-order valence-electron chi connectivity index (χ2n) is 11.0. The molecule has 0 saturated heterocycles. The van der Waals surface area contributed by atoms with Crippen LogP contribution in [0.5, 0.6) is 17.2 Å². The van der Waals surface area contributed by atoms with Gasteiger partial charge in [0.25, 0.3) is 10.0 Å². The minimum atomic E-state index is -3.94. The number of benzene rings is 5. The van der Waals surface area contributed by atoms with Crippen molar-refractivity contribution >= 4 is 31.8 Å². The van der Waals surface area contributed by atoms with Crippen molar-refractivity contribution in [2.24, 2.45) is 0 Å². The Bertz CT molecular complexity index is 2030. The standard InChI is InChI=1S/C37H36N2O6S/c1-27(40)37(38(26-28-14-5-3-6-15-28)24-25-44-34-22-12-11-21-33(34)43-2)45-35-23-13-20-32-36(35)30-18-9-10-19-31(30)39(32)46(41,42)29-16-7-4-8-17-29/h3-23,27,37,40H,24-26H2,1-2H3. The number of hydrogen-bond donors (Lipinski definition) is 1. The van der Waals surface area contributed by atoms with E-state index in [9.17, 15) is 13.5 Å². The second kappa shape index (κ2) is 13.7. The molecular weight excluding hydrogens is 600 g/mol. The largest absolute Gasteiger partial charge is 0.493 e. The summed E-state index contributed by atoms with van der Waals surface area (Å²) in [6, 6.07) is 38.6. The molecular formula is C37H36N2O6S. The summed E-state index contributed by atoms with van der Waals surface area (Å²) in [4.78, 5) is 2.21. The number of fused-ring (bicyclic) bond motifs is 3. The fraction of sp³-hybridized carbons (Fsp3) is 0.189. The van der Waals surface area contributed by atoms with E-state index < -0.39 is 22.4 Å². The van der Waals surface area contributed by atoms with Crippen LogP contribution in [0.15, 0.2) is 132 Å². The molecule has 1 N–H and O–H groups in total. The number of rotatable bonds is 13. The molecule has 0 aliphatic heterocycles. The number of para-hydroxylation sites is 3. The van der Waals surface area contributed by atoms with Gasteiger partial charge in [-0.05, 0) is 55.0 Å². The molecule has 8 nitrogen and oxygen atoms in total. The van der Waals surface area contributed by atoms with Crippen LogP contribution < -0.4 is 14.2 Å². The van der Waals surface area contributed by atoms with Crippen LogP contribution in [-0.2, 0) is 16.6 Å². The van der Waals surface area contributed by atoms with Crippen molar-refractivity contribution in [3.63, 3.8) is 0 Å². The highest BCUT2D eigenvalue weighted by molar-refractivity contribution is 7.90. The van der Waals surface area contributed by atoms with Gasteiger partial charge in [-0.15, -0.1) is 0 Å². The van der Waals surface area contributed by atoms with E-state index in [1.165, 1.54) is 3.97 Å². The van der Waals surface area contributed by atoms with Gasteiger partial charge in [-0.3, -0.25) is 4.90 Å². The third-order valence-electron chi connectivity index (χ3n) is 7.85. The molecule has 1 heterocycles. The van der Waals surface area contributed by atoms with E-state index in [0.29, 0.717) is 53.4 Å². The molecule has 0 aliphatic rings. The Morgan fingerprint density at radius 3 is 2.07 bits per heavy atom. The number of aliphatic hydroxyl groups is 1. The highest BCUT2D eigenvalue weighted by atomic mass is 32.2. The maximum absolute atomic E-state index is 14.0. The van der Waals surface area contributed by atoms with Crippen molar-refractivity contribution in [2.75, 3.05) is 20.3 Å². The molecule has 0 bridgehead atoms. The number of hydrogen-bond acceptors (Lipinski definition) is 7. The monoisotopic (exact) mass is 636 g/mol. The van der Waals surface area contributed by atoms with Crippen molar-refractivity contribution in [3.8, 4) is 17.2 Å². The average molecular weight is 637 g/mol. The Labute approximate surface area is 269 Å². The molecule has 0 amide bonds. The van der Waals surface area contributed by atoms with E-state index in [2.05, 4.69) is 0 Å². The third kappa shape index (κ3) is 6.30. The average Bonchev–Trinajstić information content (AvgIpc) is 3.44. The van der Waals surface area contributed by atoms with Crippen LogP contribution >= 0.6 is 0 Å². The maximum Gasteiger partial charge on any atom is 0.268 e. The summed E-state index contributed by atoms with van der Waals surface area (Å²) in [5.41, 5.74) is 2.07. The van der Waals surface area contributed by atoms with Gasteiger partial charge in [0, 0.05) is 18.5 Å². The summed E-state index contributed by atoms with van der Waals surface area (Å²) < 4.78 is 47.6. The van der Waals surface area contributed by atoms with Gasteiger partial charge in [-0.2, -0.15) is 0 Å². The van der Waals surface area contributed by atoms with E-state index in [-0.39, 0.29) is 4.90 Å². The van der Waals surface area contributed by atoms with Gasteiger partial charge in [0.1, 0.15) is 18.5 Å². The summed E-state index contributed by atoms with van der Waals surface area (Å²) in [6.07, 6.45) is -1.70. The summed E-state index contributed by atoms with van der Waals surface area (Å²) in [5.74, 6) is 1.72. The van der Waals surface area contributed by atoms with E-state index in [4.69, 9.17) is 14.2 Å². The fourth-order valence-corrected chi connectivity index (χ4v) is 7.28. The number of aromatic nitrogens is 1.